The van der Waals surface area contributed by atoms with Crippen LogP contribution in [0.15, 0.2) is 21.6 Å². The summed E-state index contributed by atoms with van der Waals surface area (Å²) in [7, 11) is -0.481. The van der Waals surface area contributed by atoms with E-state index >= 15 is 0 Å². The van der Waals surface area contributed by atoms with E-state index in [0.29, 0.717) is 12.3 Å². The van der Waals surface area contributed by atoms with Gasteiger partial charge in [0.25, 0.3) is 10.0 Å². The van der Waals surface area contributed by atoms with Crippen LogP contribution < -0.4 is 5.32 Å². The zero-order chi connectivity index (χ0) is 12.7. The number of hydrogen-bond acceptors (Lipinski definition) is 4. The molecule has 1 aromatic rings. The van der Waals surface area contributed by atoms with Gasteiger partial charge in [0, 0.05) is 19.6 Å². The normalized spacial score (nSPS) is 18.6. The second-order valence-electron chi connectivity index (χ2n) is 4.92. The van der Waals surface area contributed by atoms with E-state index in [4.69, 9.17) is 4.42 Å². The highest BCUT2D eigenvalue weighted by atomic mass is 32.2. The van der Waals surface area contributed by atoms with Crippen LogP contribution in [-0.2, 0) is 16.6 Å². The van der Waals surface area contributed by atoms with Crippen molar-refractivity contribution in [2.75, 3.05) is 14.1 Å². The number of nitrogens with zero attached hydrogens (tertiary/aromatic N) is 1. The van der Waals surface area contributed by atoms with Crippen molar-refractivity contribution in [2.45, 2.75) is 36.9 Å². The van der Waals surface area contributed by atoms with Gasteiger partial charge in [0.2, 0.25) is 5.09 Å². The first-order chi connectivity index (χ1) is 7.83. The zero-order valence-corrected chi connectivity index (χ0v) is 11.2. The number of sulfonamides is 1. The first-order valence-electron chi connectivity index (χ1n) is 5.60. The molecule has 5 nitrogen and oxygen atoms in total. The molecule has 0 bridgehead atoms. The number of rotatable bonds is 5. The van der Waals surface area contributed by atoms with Crippen molar-refractivity contribution in [2.24, 2.45) is 0 Å². The highest BCUT2D eigenvalue weighted by Gasteiger charge is 2.36. The van der Waals surface area contributed by atoms with Gasteiger partial charge in [0.05, 0.1) is 6.54 Å². The van der Waals surface area contributed by atoms with Gasteiger partial charge in [-0.05, 0) is 31.9 Å². The summed E-state index contributed by atoms with van der Waals surface area (Å²) in [5.41, 5.74) is 0.216. The summed E-state index contributed by atoms with van der Waals surface area (Å²) < 4.78 is 30.0. The average Bonchev–Trinajstić information content (AvgIpc) is 2.81. The molecule has 0 atom stereocenters. The molecule has 1 aromatic heterocycles. The van der Waals surface area contributed by atoms with Gasteiger partial charge in [-0.2, -0.15) is 0 Å². The van der Waals surface area contributed by atoms with Crippen LogP contribution in [0.5, 0.6) is 0 Å². The zero-order valence-electron chi connectivity index (χ0n) is 10.4. The van der Waals surface area contributed by atoms with Crippen LogP contribution in [0.25, 0.3) is 0 Å². The Morgan fingerprint density at radius 3 is 2.59 bits per heavy atom. The van der Waals surface area contributed by atoms with Gasteiger partial charge >= 0.3 is 0 Å². The summed E-state index contributed by atoms with van der Waals surface area (Å²) in [6, 6.07) is 3.21. The fraction of sp³-hybridized carbons (Fsp3) is 0.636. The Labute approximate surface area is 102 Å². The molecule has 1 heterocycles. The molecular formula is C11H18N2O3S. The first kappa shape index (κ1) is 12.6. The van der Waals surface area contributed by atoms with Crippen LogP contribution in [0.3, 0.4) is 0 Å². The minimum absolute atomic E-state index is 0.000231. The molecule has 1 aliphatic carbocycles. The van der Waals surface area contributed by atoms with Crippen LogP contribution in [0.1, 0.15) is 25.5 Å². The van der Waals surface area contributed by atoms with Gasteiger partial charge in [-0.25, -0.2) is 12.7 Å². The van der Waals surface area contributed by atoms with Gasteiger partial charge in [-0.3, -0.25) is 0 Å². The molecule has 6 heteroatoms. The summed E-state index contributed by atoms with van der Waals surface area (Å²) in [6.45, 7) is 2.72. The largest absolute Gasteiger partial charge is 0.447 e. The van der Waals surface area contributed by atoms with Crippen LogP contribution in [0.4, 0.5) is 0 Å². The fourth-order valence-corrected chi connectivity index (χ4v) is 2.25. The lowest BCUT2D eigenvalue weighted by Gasteiger charge is -2.10. The molecule has 0 amide bonds. The van der Waals surface area contributed by atoms with E-state index < -0.39 is 10.0 Å². The van der Waals surface area contributed by atoms with Crippen LogP contribution in [0.2, 0.25) is 0 Å². The Kier molecular flexibility index (Phi) is 3.05. The van der Waals surface area contributed by atoms with Crippen molar-refractivity contribution >= 4 is 10.0 Å². The summed E-state index contributed by atoms with van der Waals surface area (Å²) in [5, 5.41) is 3.34. The van der Waals surface area contributed by atoms with Gasteiger partial charge in [0.1, 0.15) is 5.76 Å². The molecule has 1 N–H and O–H groups in total. The second-order valence-corrected chi connectivity index (χ2v) is 7.01. The van der Waals surface area contributed by atoms with E-state index in [-0.39, 0.29) is 10.6 Å². The maximum absolute atomic E-state index is 11.8. The number of furan rings is 1. The summed E-state index contributed by atoms with van der Waals surface area (Å²) in [6.07, 6.45) is 2.33. The molecule has 17 heavy (non-hydrogen) atoms. The van der Waals surface area contributed by atoms with Crippen molar-refractivity contribution < 1.29 is 12.8 Å². The molecule has 0 spiro atoms. The Morgan fingerprint density at radius 2 is 2.06 bits per heavy atom. The number of nitrogens with one attached hydrogen (secondary N) is 1. The fourth-order valence-electron chi connectivity index (χ4n) is 1.44. The third-order valence-corrected chi connectivity index (χ3v) is 4.75. The van der Waals surface area contributed by atoms with Gasteiger partial charge in [-0.15, -0.1) is 0 Å². The average molecular weight is 258 g/mol. The molecule has 0 saturated heterocycles. The van der Waals surface area contributed by atoms with Gasteiger partial charge < -0.3 is 9.73 Å². The summed E-state index contributed by atoms with van der Waals surface area (Å²) in [5.74, 6) is 0.651. The van der Waals surface area contributed by atoms with E-state index in [2.05, 4.69) is 12.2 Å². The van der Waals surface area contributed by atoms with Crippen LogP contribution in [-0.4, -0.2) is 32.4 Å². The molecule has 1 aliphatic rings. The molecule has 1 saturated carbocycles. The maximum Gasteiger partial charge on any atom is 0.275 e. The molecule has 0 radical (unpaired) electrons. The predicted octanol–water partition coefficient (Wildman–Crippen LogP) is 1.17. The highest BCUT2D eigenvalue weighted by molar-refractivity contribution is 7.88. The molecule has 0 aliphatic heterocycles. The smallest absolute Gasteiger partial charge is 0.275 e. The third kappa shape index (κ3) is 2.70. The maximum atomic E-state index is 11.8. The molecule has 0 aromatic carbocycles. The standard InChI is InChI=1S/C11H18N2O3S/c1-11(6-7-11)12-8-9-4-5-10(16-9)17(14,15)13(2)3/h4-5,12H,6-8H2,1-3H3. The SMILES string of the molecule is CN(C)S(=O)(=O)c1ccc(CNC2(C)CC2)o1. The topological polar surface area (TPSA) is 62.6 Å². The van der Waals surface area contributed by atoms with Crippen LogP contribution >= 0.6 is 0 Å². The first-order valence-corrected chi connectivity index (χ1v) is 7.04. The summed E-state index contributed by atoms with van der Waals surface area (Å²) >= 11 is 0. The van der Waals surface area contributed by atoms with E-state index in [1.165, 1.54) is 20.2 Å². The van der Waals surface area contributed by atoms with Crippen molar-refractivity contribution in [3.63, 3.8) is 0 Å². The summed E-state index contributed by atoms with van der Waals surface area (Å²) in [4.78, 5) is 0. The Morgan fingerprint density at radius 1 is 1.41 bits per heavy atom. The van der Waals surface area contributed by atoms with Gasteiger partial charge in [0.15, 0.2) is 0 Å². The van der Waals surface area contributed by atoms with E-state index in [9.17, 15) is 8.42 Å². The Bertz CT molecular complexity index is 501. The minimum Gasteiger partial charge on any atom is -0.447 e. The molecule has 1 fully saturated rings. The quantitative estimate of drug-likeness (QED) is 0.861. The Hall–Kier alpha value is -0.850. The Balaban J connectivity index is 2.05. The van der Waals surface area contributed by atoms with Crippen LogP contribution in [0, 0.1) is 0 Å². The predicted molar refractivity (Wildman–Crippen MR) is 64.1 cm³/mol. The monoisotopic (exact) mass is 258 g/mol. The molecule has 96 valence electrons. The van der Waals surface area contributed by atoms with Crippen molar-refractivity contribution in [3.05, 3.63) is 17.9 Å². The highest BCUT2D eigenvalue weighted by Crippen LogP contribution is 2.34. The minimum atomic E-state index is -3.46. The second kappa shape index (κ2) is 4.12. The van der Waals surface area contributed by atoms with E-state index in [0.717, 1.165) is 17.1 Å². The lowest BCUT2D eigenvalue weighted by atomic mass is 10.3. The van der Waals surface area contributed by atoms with Crippen molar-refractivity contribution in [1.82, 2.24) is 9.62 Å². The lowest BCUT2D eigenvalue weighted by molar-refractivity contribution is 0.378. The van der Waals surface area contributed by atoms with E-state index in [1.54, 1.807) is 6.07 Å². The molecule has 0 unspecified atom stereocenters. The van der Waals surface area contributed by atoms with Gasteiger partial charge in [-0.1, -0.05) is 0 Å². The molecular weight excluding hydrogens is 240 g/mol. The number of hydrogen-bond donors (Lipinski definition) is 1. The van der Waals surface area contributed by atoms with E-state index in [1.807, 2.05) is 0 Å². The van der Waals surface area contributed by atoms with Crippen molar-refractivity contribution in [1.29, 1.82) is 0 Å². The third-order valence-electron chi connectivity index (χ3n) is 3.06. The van der Waals surface area contributed by atoms with Crippen molar-refractivity contribution in [3.8, 4) is 0 Å². The lowest BCUT2D eigenvalue weighted by Crippen LogP contribution is -2.26. The molecule has 2 rings (SSSR count).